The fourth-order valence-corrected chi connectivity index (χ4v) is 5.52. The molecule has 3 unspecified atom stereocenters. The number of nitrogens with zero attached hydrogens (tertiary/aromatic N) is 1. The molecule has 1 amide bonds. The molecule has 1 saturated heterocycles. The minimum atomic E-state index is -0.195. The molecule has 3 N–H and O–H groups in total. The smallest absolute Gasteiger partial charge is 0.251 e. The van der Waals surface area contributed by atoms with E-state index < -0.39 is 0 Å². The number of benzene rings is 1. The van der Waals surface area contributed by atoms with Crippen LogP contribution in [0.4, 0.5) is 0 Å². The first-order chi connectivity index (χ1) is 11.5. The van der Waals surface area contributed by atoms with Gasteiger partial charge >= 0.3 is 0 Å². The third kappa shape index (κ3) is 3.25. The van der Waals surface area contributed by atoms with E-state index in [1.807, 2.05) is 0 Å². The van der Waals surface area contributed by atoms with Gasteiger partial charge in [0.1, 0.15) is 0 Å². The number of nitrogens with two attached hydrogens (primary N) is 1. The second-order valence-corrected chi connectivity index (χ2v) is 8.40. The molecule has 0 spiro atoms. The maximum Gasteiger partial charge on any atom is 0.251 e. The third-order valence-corrected chi connectivity index (χ3v) is 6.81. The minimum Gasteiger partial charge on any atom is -0.379 e. The average Bonchev–Trinajstić information content (AvgIpc) is 2.93. The lowest BCUT2D eigenvalue weighted by molar-refractivity contribution is 0.0817. The van der Waals surface area contributed by atoms with Gasteiger partial charge in [-0.15, -0.1) is 12.4 Å². The van der Waals surface area contributed by atoms with Gasteiger partial charge in [-0.05, 0) is 37.5 Å². The summed E-state index contributed by atoms with van der Waals surface area (Å²) in [6.45, 7) is 1.34. The molecule has 4 rings (SSSR count). The summed E-state index contributed by atoms with van der Waals surface area (Å²) in [7, 11) is 0. The summed E-state index contributed by atoms with van der Waals surface area (Å²) in [5, 5.41) is 4.40. The van der Waals surface area contributed by atoms with Crippen LogP contribution in [0, 0.1) is 5.41 Å². The Morgan fingerprint density at radius 2 is 2.28 bits per heavy atom. The van der Waals surface area contributed by atoms with E-state index in [2.05, 4.69) is 5.32 Å². The van der Waals surface area contributed by atoms with Crippen LogP contribution in [0.25, 0.3) is 0 Å². The maximum absolute atomic E-state index is 12.5. The molecule has 2 heterocycles. The molecule has 0 aromatic heterocycles. The molecule has 1 aromatic carbocycles. The fraction of sp³-hybridized carbons (Fsp3) is 0.529. The zero-order chi connectivity index (χ0) is 16.8. The molecule has 25 heavy (non-hydrogen) atoms. The molecule has 1 aliphatic carbocycles. The molecular weight excluding hydrogens is 381 g/mol. The van der Waals surface area contributed by atoms with E-state index in [-0.39, 0.29) is 35.3 Å². The van der Waals surface area contributed by atoms with E-state index in [4.69, 9.17) is 27.1 Å². The Kier molecular flexibility index (Phi) is 5.26. The molecule has 136 valence electrons. The molecule has 0 radical (unpaired) electrons. The van der Waals surface area contributed by atoms with Crippen molar-refractivity contribution in [1.29, 1.82) is 0 Å². The van der Waals surface area contributed by atoms with E-state index in [9.17, 15) is 4.79 Å². The van der Waals surface area contributed by atoms with Crippen molar-refractivity contribution in [2.24, 2.45) is 16.1 Å². The van der Waals surface area contributed by atoms with E-state index in [0.29, 0.717) is 29.0 Å². The number of nitrogens with one attached hydrogen (secondary N) is 1. The van der Waals surface area contributed by atoms with Gasteiger partial charge in [-0.3, -0.25) is 9.79 Å². The maximum atomic E-state index is 12.5. The lowest BCUT2D eigenvalue weighted by atomic mass is 9.62. The number of amides is 1. The SMILES string of the molecule is Cl.NC1=NC23CCC(NC(=O)c4cccc(Cl)c4)CC2(COC3)CS1. The Balaban J connectivity index is 0.00000182. The Morgan fingerprint density at radius 1 is 1.44 bits per heavy atom. The van der Waals surface area contributed by atoms with Gasteiger partial charge in [-0.2, -0.15) is 0 Å². The normalized spacial score (nSPS) is 33.5. The van der Waals surface area contributed by atoms with Crippen molar-refractivity contribution in [3.05, 3.63) is 34.9 Å². The molecule has 2 aliphatic heterocycles. The molecule has 2 fully saturated rings. The molecule has 3 atom stereocenters. The number of rotatable bonds is 2. The highest BCUT2D eigenvalue weighted by atomic mass is 35.5. The molecule has 0 bridgehead atoms. The van der Waals surface area contributed by atoms with Gasteiger partial charge in [0, 0.05) is 27.8 Å². The van der Waals surface area contributed by atoms with E-state index in [0.717, 1.165) is 25.0 Å². The molecular formula is C17H21Cl2N3O2S. The van der Waals surface area contributed by atoms with Crippen molar-refractivity contribution >= 4 is 46.8 Å². The minimum absolute atomic E-state index is 0. The highest BCUT2D eigenvalue weighted by molar-refractivity contribution is 8.13. The Morgan fingerprint density at radius 3 is 3.08 bits per heavy atom. The Hall–Kier alpha value is -0.950. The predicted molar refractivity (Wildman–Crippen MR) is 104 cm³/mol. The van der Waals surface area contributed by atoms with Crippen molar-refractivity contribution in [1.82, 2.24) is 5.32 Å². The van der Waals surface area contributed by atoms with Crippen LogP contribution in [-0.4, -0.2) is 41.6 Å². The van der Waals surface area contributed by atoms with Gasteiger partial charge in [0.25, 0.3) is 5.91 Å². The van der Waals surface area contributed by atoms with Crippen LogP contribution in [-0.2, 0) is 4.74 Å². The standard InChI is InChI=1S/C17H20ClN3O2S.ClH/c18-12-3-1-2-11(6-12)14(22)20-13-4-5-17-9-23-8-16(17,7-13)10-24-15(19)21-17;/h1-3,6,13H,4-5,7-10H2,(H2,19,21)(H,20,22);1H. The van der Waals surface area contributed by atoms with E-state index in [1.165, 1.54) is 0 Å². The monoisotopic (exact) mass is 401 g/mol. The van der Waals surface area contributed by atoms with Crippen LogP contribution in [0.15, 0.2) is 29.3 Å². The van der Waals surface area contributed by atoms with Crippen LogP contribution in [0.3, 0.4) is 0 Å². The molecule has 5 nitrogen and oxygen atoms in total. The number of aliphatic imine (C=N–C) groups is 1. The lowest BCUT2D eigenvalue weighted by Gasteiger charge is -2.50. The first-order valence-corrected chi connectivity index (χ1v) is 9.51. The van der Waals surface area contributed by atoms with Gasteiger partial charge in [0.15, 0.2) is 5.17 Å². The summed E-state index contributed by atoms with van der Waals surface area (Å²) >= 11 is 7.58. The van der Waals surface area contributed by atoms with Crippen molar-refractivity contribution in [2.45, 2.75) is 30.8 Å². The third-order valence-electron chi connectivity index (χ3n) is 5.49. The van der Waals surface area contributed by atoms with Crippen LogP contribution >= 0.6 is 35.8 Å². The average molecular weight is 402 g/mol. The summed E-state index contributed by atoms with van der Waals surface area (Å²) in [5.74, 6) is 0.836. The van der Waals surface area contributed by atoms with Crippen molar-refractivity contribution < 1.29 is 9.53 Å². The highest BCUT2D eigenvalue weighted by Gasteiger charge is 2.60. The van der Waals surface area contributed by atoms with Gasteiger partial charge < -0.3 is 15.8 Å². The lowest BCUT2D eigenvalue weighted by Crippen LogP contribution is -2.58. The Labute approximate surface area is 162 Å². The summed E-state index contributed by atoms with van der Waals surface area (Å²) in [5.41, 5.74) is 6.35. The first-order valence-electron chi connectivity index (χ1n) is 8.14. The van der Waals surface area contributed by atoms with Crippen molar-refractivity contribution in [3.8, 4) is 0 Å². The van der Waals surface area contributed by atoms with Gasteiger partial charge in [-0.1, -0.05) is 29.4 Å². The largest absolute Gasteiger partial charge is 0.379 e. The summed E-state index contributed by atoms with van der Waals surface area (Å²) < 4.78 is 5.82. The molecule has 1 aromatic rings. The van der Waals surface area contributed by atoms with E-state index >= 15 is 0 Å². The number of amidine groups is 1. The number of carbonyl (C=O) groups excluding carboxylic acids is 1. The topological polar surface area (TPSA) is 76.7 Å². The molecule has 1 saturated carbocycles. The second-order valence-electron chi connectivity index (χ2n) is 6.97. The number of thioether (sulfide) groups is 1. The van der Waals surface area contributed by atoms with Crippen molar-refractivity contribution in [3.63, 3.8) is 0 Å². The number of hydrogen-bond acceptors (Lipinski definition) is 5. The number of halogens is 2. The number of carbonyl (C=O) groups is 1. The summed E-state index contributed by atoms with van der Waals surface area (Å²) in [6.07, 6.45) is 2.66. The zero-order valence-electron chi connectivity index (χ0n) is 13.7. The van der Waals surface area contributed by atoms with Crippen LogP contribution < -0.4 is 11.1 Å². The van der Waals surface area contributed by atoms with Crippen molar-refractivity contribution in [2.75, 3.05) is 19.0 Å². The first kappa shape index (κ1) is 18.8. The summed E-state index contributed by atoms with van der Waals surface area (Å²) in [4.78, 5) is 17.3. The predicted octanol–water partition coefficient (Wildman–Crippen LogP) is 2.86. The van der Waals surface area contributed by atoms with Gasteiger partial charge in [0.05, 0.1) is 18.8 Å². The fourth-order valence-electron chi connectivity index (χ4n) is 4.19. The van der Waals surface area contributed by atoms with Crippen LogP contribution in [0.2, 0.25) is 5.02 Å². The Bertz CT molecular complexity index is 717. The van der Waals surface area contributed by atoms with Gasteiger partial charge in [0.2, 0.25) is 0 Å². The van der Waals surface area contributed by atoms with Crippen LogP contribution in [0.1, 0.15) is 29.6 Å². The zero-order valence-corrected chi connectivity index (χ0v) is 16.1. The van der Waals surface area contributed by atoms with E-state index in [1.54, 1.807) is 36.0 Å². The highest BCUT2D eigenvalue weighted by Crippen LogP contribution is 2.55. The molecule has 8 heteroatoms. The number of ether oxygens (including phenoxy) is 1. The summed E-state index contributed by atoms with van der Waals surface area (Å²) in [6, 6.07) is 7.17. The van der Waals surface area contributed by atoms with Gasteiger partial charge in [-0.25, -0.2) is 0 Å². The molecule has 3 aliphatic rings. The second kappa shape index (κ2) is 6.99. The van der Waals surface area contributed by atoms with Crippen LogP contribution in [0.5, 0.6) is 0 Å². The quantitative estimate of drug-likeness (QED) is 0.798. The number of hydrogen-bond donors (Lipinski definition) is 2.